The first-order valence-corrected chi connectivity index (χ1v) is 9.13. The summed E-state index contributed by atoms with van der Waals surface area (Å²) in [6, 6.07) is 17.2. The third-order valence-corrected chi connectivity index (χ3v) is 4.79. The Morgan fingerprint density at radius 2 is 1.42 bits per heavy atom. The van der Waals surface area contributed by atoms with Crippen LogP contribution in [0.5, 0.6) is 5.75 Å². The molecular formula is C22H28O4. The second kappa shape index (κ2) is 8.21. The third-order valence-electron chi connectivity index (χ3n) is 4.79. The lowest BCUT2D eigenvalue weighted by Crippen LogP contribution is -2.18. The average Bonchev–Trinajstić information content (AvgIpc) is 3.56. The number of rotatable bonds is 6. The van der Waals surface area contributed by atoms with Crippen LogP contribution in [0, 0.1) is 6.92 Å². The van der Waals surface area contributed by atoms with E-state index in [1.807, 2.05) is 12.1 Å². The van der Waals surface area contributed by atoms with Gasteiger partial charge < -0.3 is 19.3 Å². The molecule has 0 aliphatic carbocycles. The summed E-state index contributed by atoms with van der Waals surface area (Å²) in [6.07, 6.45) is 0.490. The minimum Gasteiger partial charge on any atom is -0.491 e. The van der Waals surface area contributed by atoms with Crippen LogP contribution in [0.2, 0.25) is 0 Å². The van der Waals surface area contributed by atoms with E-state index in [1.165, 1.54) is 16.7 Å². The number of hydrogen-bond donors (Lipinski definition) is 1. The Morgan fingerprint density at radius 3 is 1.85 bits per heavy atom. The first-order chi connectivity index (χ1) is 12.5. The molecule has 0 aromatic heterocycles. The summed E-state index contributed by atoms with van der Waals surface area (Å²) in [5, 5.41) is 8.08. The van der Waals surface area contributed by atoms with Crippen molar-refractivity contribution in [2.75, 3.05) is 26.4 Å². The van der Waals surface area contributed by atoms with E-state index >= 15 is 0 Å². The van der Waals surface area contributed by atoms with E-state index in [0.717, 1.165) is 19.0 Å². The van der Waals surface area contributed by atoms with Gasteiger partial charge in [-0.3, -0.25) is 0 Å². The summed E-state index contributed by atoms with van der Waals surface area (Å²) >= 11 is 0. The highest BCUT2D eigenvalue weighted by Gasteiger charge is 2.24. The number of aliphatic hydroxyl groups is 1. The Morgan fingerprint density at radius 1 is 0.923 bits per heavy atom. The normalized spacial score (nSPS) is 20.8. The van der Waals surface area contributed by atoms with Gasteiger partial charge in [-0.25, -0.2) is 0 Å². The summed E-state index contributed by atoms with van der Waals surface area (Å²) in [4.78, 5) is 0. The van der Waals surface area contributed by atoms with Crippen molar-refractivity contribution in [1.82, 2.24) is 0 Å². The molecule has 2 unspecified atom stereocenters. The van der Waals surface area contributed by atoms with Gasteiger partial charge in [0.15, 0.2) is 0 Å². The largest absolute Gasteiger partial charge is 0.491 e. The van der Waals surface area contributed by atoms with Crippen LogP contribution < -0.4 is 4.74 Å². The molecular weight excluding hydrogens is 328 g/mol. The molecule has 2 aromatic carbocycles. The van der Waals surface area contributed by atoms with Crippen molar-refractivity contribution >= 4 is 0 Å². The quantitative estimate of drug-likeness (QED) is 0.805. The summed E-state index contributed by atoms with van der Waals surface area (Å²) in [5.41, 5.74) is 3.90. The van der Waals surface area contributed by atoms with Crippen molar-refractivity contribution in [3.8, 4) is 5.75 Å². The van der Waals surface area contributed by atoms with Gasteiger partial charge in [-0.05, 0) is 30.2 Å². The van der Waals surface area contributed by atoms with E-state index < -0.39 is 0 Å². The van der Waals surface area contributed by atoms with Crippen molar-refractivity contribution in [2.24, 2.45) is 0 Å². The topological polar surface area (TPSA) is 54.5 Å². The molecule has 2 saturated heterocycles. The molecule has 1 N–H and O–H groups in total. The molecule has 4 nitrogen and oxygen atoms in total. The number of hydrogen-bond acceptors (Lipinski definition) is 4. The van der Waals surface area contributed by atoms with Crippen LogP contribution in [-0.2, 0) is 14.9 Å². The fourth-order valence-corrected chi connectivity index (χ4v) is 2.63. The van der Waals surface area contributed by atoms with Crippen LogP contribution in [0.25, 0.3) is 0 Å². The number of epoxide rings is 2. The smallest absolute Gasteiger partial charge is 0.119 e. The Balaban J connectivity index is 0.000000339. The second-order valence-electron chi connectivity index (χ2n) is 7.42. The number of ether oxygens (including phenoxy) is 3. The van der Waals surface area contributed by atoms with E-state index in [4.69, 9.17) is 14.6 Å². The van der Waals surface area contributed by atoms with Gasteiger partial charge >= 0.3 is 0 Å². The maximum Gasteiger partial charge on any atom is 0.119 e. The Hall–Kier alpha value is -1.88. The number of benzene rings is 2. The molecule has 2 fully saturated rings. The molecule has 4 rings (SSSR count). The molecule has 2 heterocycles. The van der Waals surface area contributed by atoms with Gasteiger partial charge in [-0.2, -0.15) is 0 Å². The first kappa shape index (κ1) is 18.9. The van der Waals surface area contributed by atoms with Crippen LogP contribution in [0.3, 0.4) is 0 Å². The molecule has 2 aliphatic rings. The molecule has 2 aliphatic heterocycles. The summed E-state index contributed by atoms with van der Waals surface area (Å²) in [5.74, 6) is 0.911. The highest BCUT2D eigenvalue weighted by molar-refractivity contribution is 5.40. The van der Waals surface area contributed by atoms with Gasteiger partial charge in [0.2, 0.25) is 0 Å². The van der Waals surface area contributed by atoms with Crippen molar-refractivity contribution in [2.45, 2.75) is 38.4 Å². The zero-order valence-corrected chi connectivity index (χ0v) is 15.8. The van der Waals surface area contributed by atoms with Crippen LogP contribution in [0.1, 0.15) is 30.5 Å². The molecule has 0 saturated carbocycles. The Bertz CT molecular complexity index is 683. The summed E-state index contributed by atoms with van der Waals surface area (Å²) in [7, 11) is 0. The van der Waals surface area contributed by atoms with Gasteiger partial charge in [0.25, 0.3) is 0 Å². The summed E-state index contributed by atoms with van der Waals surface area (Å²) < 4.78 is 15.5. The van der Waals surface area contributed by atoms with Crippen LogP contribution in [0.4, 0.5) is 0 Å². The number of aryl methyl sites for hydroxylation is 1. The molecule has 2 atom stereocenters. The third kappa shape index (κ3) is 5.31. The van der Waals surface area contributed by atoms with Crippen molar-refractivity contribution < 1.29 is 19.3 Å². The molecule has 0 radical (unpaired) electrons. The molecule has 0 spiro atoms. The lowest BCUT2D eigenvalue weighted by molar-refractivity contribution is 0.244. The van der Waals surface area contributed by atoms with E-state index in [1.54, 1.807) is 0 Å². The van der Waals surface area contributed by atoms with Gasteiger partial charge in [0.05, 0.1) is 19.8 Å². The maximum atomic E-state index is 8.08. The van der Waals surface area contributed by atoms with E-state index in [9.17, 15) is 0 Å². The van der Waals surface area contributed by atoms with Crippen LogP contribution in [0.15, 0.2) is 48.5 Å². The number of aliphatic hydroxyl groups excluding tert-OH is 1. The van der Waals surface area contributed by atoms with E-state index in [-0.39, 0.29) is 18.1 Å². The van der Waals surface area contributed by atoms with Crippen molar-refractivity contribution in [1.29, 1.82) is 0 Å². The maximum absolute atomic E-state index is 8.08. The molecule has 26 heavy (non-hydrogen) atoms. The minimum atomic E-state index is -0.00810. The first-order valence-electron chi connectivity index (χ1n) is 9.13. The Kier molecular flexibility index (Phi) is 5.97. The Labute approximate surface area is 155 Å². The SMILES string of the molecule is Cc1ccc(C(C)(C)c2ccc(OCC3CO3)cc2)cc1.OCC1CO1. The van der Waals surface area contributed by atoms with Gasteiger partial charge in [-0.1, -0.05) is 55.8 Å². The van der Waals surface area contributed by atoms with E-state index in [0.29, 0.717) is 12.7 Å². The molecule has 0 bridgehead atoms. The zero-order valence-electron chi connectivity index (χ0n) is 15.8. The van der Waals surface area contributed by atoms with Gasteiger partial charge in [-0.15, -0.1) is 0 Å². The van der Waals surface area contributed by atoms with E-state index in [2.05, 4.69) is 61.9 Å². The van der Waals surface area contributed by atoms with Crippen LogP contribution in [-0.4, -0.2) is 43.7 Å². The summed E-state index contributed by atoms with van der Waals surface area (Å²) in [6.45, 7) is 9.07. The van der Waals surface area contributed by atoms with Crippen molar-refractivity contribution in [3.05, 3.63) is 65.2 Å². The standard InChI is InChI=1S/C19H22O2.C3H6O2/c1-14-4-6-15(7-5-14)19(2,3)16-8-10-17(11-9-16)20-12-18-13-21-18;4-1-3-2-5-3/h4-11,18H,12-13H2,1-3H3;3-4H,1-2H2. The fraction of sp³-hybridized carbons (Fsp3) is 0.455. The fourth-order valence-electron chi connectivity index (χ4n) is 2.63. The molecule has 4 heteroatoms. The minimum absolute atomic E-state index is 0.00810. The predicted molar refractivity (Wildman–Crippen MR) is 102 cm³/mol. The van der Waals surface area contributed by atoms with Gasteiger partial charge in [0.1, 0.15) is 24.6 Å². The lowest BCUT2D eigenvalue weighted by Gasteiger charge is -2.26. The van der Waals surface area contributed by atoms with Gasteiger partial charge in [0, 0.05) is 5.41 Å². The average molecular weight is 356 g/mol. The monoisotopic (exact) mass is 356 g/mol. The van der Waals surface area contributed by atoms with Crippen molar-refractivity contribution in [3.63, 3.8) is 0 Å². The highest BCUT2D eigenvalue weighted by atomic mass is 16.6. The highest BCUT2D eigenvalue weighted by Crippen LogP contribution is 2.32. The zero-order chi connectivity index (χ0) is 18.6. The molecule has 0 amide bonds. The predicted octanol–water partition coefficient (Wildman–Crippen LogP) is 3.48. The molecule has 2 aromatic rings. The molecule has 140 valence electrons. The van der Waals surface area contributed by atoms with Crippen LogP contribution >= 0.6 is 0 Å². The lowest BCUT2D eigenvalue weighted by atomic mass is 9.78. The second-order valence-corrected chi connectivity index (χ2v) is 7.42.